The molecule has 0 aliphatic heterocycles. The third-order valence-electron chi connectivity index (χ3n) is 2.95. The van der Waals surface area contributed by atoms with Gasteiger partial charge in [-0.1, -0.05) is 13.0 Å². The Kier molecular flexibility index (Phi) is 3.77. The van der Waals surface area contributed by atoms with Crippen molar-refractivity contribution in [2.75, 3.05) is 12.4 Å². The predicted octanol–water partition coefficient (Wildman–Crippen LogP) is 1.45. The minimum absolute atomic E-state index is 0.121. The van der Waals surface area contributed by atoms with Gasteiger partial charge in [-0.2, -0.15) is 0 Å². The van der Waals surface area contributed by atoms with Gasteiger partial charge in [0.1, 0.15) is 5.65 Å². The maximum atomic E-state index is 12.4. The highest BCUT2D eigenvalue weighted by atomic mass is 32.2. The third-order valence-corrected chi connectivity index (χ3v) is 4.56. The second-order valence-corrected chi connectivity index (χ2v) is 6.00. The summed E-state index contributed by atoms with van der Waals surface area (Å²) in [7, 11) is -1.95. The summed E-state index contributed by atoms with van der Waals surface area (Å²) in [5, 5.41) is 2.98. The van der Waals surface area contributed by atoms with Crippen LogP contribution in [0.5, 0.6) is 0 Å². The Morgan fingerprint density at radius 3 is 2.79 bits per heavy atom. The van der Waals surface area contributed by atoms with E-state index >= 15 is 0 Å². The predicted molar refractivity (Wildman–Crippen MR) is 74.8 cm³/mol. The van der Waals surface area contributed by atoms with Gasteiger partial charge in [0.15, 0.2) is 10.8 Å². The van der Waals surface area contributed by atoms with Crippen molar-refractivity contribution in [3.63, 3.8) is 0 Å². The number of anilines is 1. The van der Waals surface area contributed by atoms with Crippen molar-refractivity contribution in [3.05, 3.63) is 24.4 Å². The maximum absolute atomic E-state index is 12.4. The molecule has 2 rings (SSSR count). The topological polar surface area (TPSA) is 75.5 Å². The van der Waals surface area contributed by atoms with Crippen molar-refractivity contribution in [3.8, 4) is 0 Å². The zero-order valence-electron chi connectivity index (χ0n) is 11.2. The number of rotatable bonds is 5. The molecule has 1 atom stereocenters. The molecular formula is C12H18N4O2S. The molecular weight excluding hydrogens is 264 g/mol. The van der Waals surface area contributed by atoms with Gasteiger partial charge in [0.2, 0.25) is 0 Å². The highest BCUT2D eigenvalue weighted by Gasteiger charge is 2.25. The number of sulfonamides is 1. The van der Waals surface area contributed by atoms with Crippen molar-refractivity contribution in [2.24, 2.45) is 0 Å². The van der Waals surface area contributed by atoms with E-state index in [2.05, 4.69) is 15.0 Å². The molecule has 7 heteroatoms. The van der Waals surface area contributed by atoms with E-state index in [1.807, 2.05) is 19.9 Å². The number of hydrogen-bond donors (Lipinski definition) is 2. The Labute approximate surface area is 112 Å². The molecule has 0 bridgehead atoms. The summed E-state index contributed by atoms with van der Waals surface area (Å²) in [4.78, 5) is 4.26. The van der Waals surface area contributed by atoms with Crippen LogP contribution in [0.3, 0.4) is 0 Å². The van der Waals surface area contributed by atoms with Crippen molar-refractivity contribution < 1.29 is 8.42 Å². The van der Waals surface area contributed by atoms with Crippen LogP contribution >= 0.6 is 0 Å². The zero-order valence-corrected chi connectivity index (χ0v) is 12.0. The molecule has 0 fully saturated rings. The minimum atomic E-state index is -3.61. The number of imidazole rings is 1. The van der Waals surface area contributed by atoms with Gasteiger partial charge in [0, 0.05) is 19.3 Å². The quantitative estimate of drug-likeness (QED) is 0.870. The van der Waals surface area contributed by atoms with E-state index in [1.54, 1.807) is 29.8 Å². The number of fused-ring (bicyclic) bond motifs is 1. The molecule has 19 heavy (non-hydrogen) atoms. The van der Waals surface area contributed by atoms with Gasteiger partial charge < -0.3 is 5.32 Å². The highest BCUT2D eigenvalue weighted by Crippen LogP contribution is 2.22. The lowest BCUT2D eigenvalue weighted by Crippen LogP contribution is -2.33. The Hall–Kier alpha value is -1.60. The Balaban J connectivity index is 2.60. The normalized spacial score (nSPS) is 13.6. The Morgan fingerprint density at radius 2 is 2.16 bits per heavy atom. The van der Waals surface area contributed by atoms with Crippen LogP contribution < -0.4 is 10.0 Å². The number of nitrogens with one attached hydrogen (secondary N) is 2. The van der Waals surface area contributed by atoms with Crippen LogP contribution in [0.15, 0.2) is 29.4 Å². The smallest absolute Gasteiger partial charge is 0.260 e. The van der Waals surface area contributed by atoms with Crippen LogP contribution in [0.1, 0.15) is 20.3 Å². The molecule has 0 aromatic carbocycles. The lowest BCUT2D eigenvalue weighted by Gasteiger charge is -2.12. The maximum Gasteiger partial charge on any atom is 0.260 e. The van der Waals surface area contributed by atoms with E-state index in [4.69, 9.17) is 0 Å². The van der Waals surface area contributed by atoms with Crippen LogP contribution in [-0.4, -0.2) is 30.9 Å². The van der Waals surface area contributed by atoms with Crippen LogP contribution in [0.2, 0.25) is 0 Å². The van der Waals surface area contributed by atoms with Crippen LogP contribution in [0.25, 0.3) is 5.65 Å². The SMILES string of the molecule is CCC(C)NS(=O)(=O)c1c(NC)nc2ccccn12. The molecule has 0 radical (unpaired) electrons. The van der Waals surface area contributed by atoms with Crippen LogP contribution in [0.4, 0.5) is 5.82 Å². The fourth-order valence-corrected chi connectivity index (χ4v) is 3.42. The summed E-state index contributed by atoms with van der Waals surface area (Å²) in [6, 6.07) is 5.24. The summed E-state index contributed by atoms with van der Waals surface area (Å²) in [5.41, 5.74) is 0.594. The van der Waals surface area contributed by atoms with E-state index < -0.39 is 10.0 Å². The molecule has 6 nitrogen and oxygen atoms in total. The summed E-state index contributed by atoms with van der Waals surface area (Å²) in [5.74, 6) is 0.349. The van der Waals surface area contributed by atoms with Crippen LogP contribution in [-0.2, 0) is 10.0 Å². The lowest BCUT2D eigenvalue weighted by molar-refractivity contribution is 0.552. The molecule has 0 amide bonds. The first-order chi connectivity index (χ1) is 8.99. The molecule has 0 saturated carbocycles. The largest absolute Gasteiger partial charge is 0.371 e. The van der Waals surface area contributed by atoms with E-state index in [9.17, 15) is 8.42 Å². The summed E-state index contributed by atoms with van der Waals surface area (Å²) < 4.78 is 29.1. The van der Waals surface area contributed by atoms with Gasteiger partial charge in [-0.25, -0.2) is 18.1 Å². The van der Waals surface area contributed by atoms with E-state index in [0.717, 1.165) is 6.42 Å². The van der Waals surface area contributed by atoms with Crippen molar-refractivity contribution >= 4 is 21.5 Å². The number of aromatic nitrogens is 2. The molecule has 0 spiro atoms. The van der Waals surface area contributed by atoms with E-state index in [-0.39, 0.29) is 11.1 Å². The first-order valence-electron chi connectivity index (χ1n) is 6.16. The minimum Gasteiger partial charge on any atom is -0.371 e. The van der Waals surface area contributed by atoms with Gasteiger partial charge >= 0.3 is 0 Å². The van der Waals surface area contributed by atoms with Gasteiger partial charge in [-0.05, 0) is 25.5 Å². The van der Waals surface area contributed by atoms with Crippen LogP contribution in [0, 0.1) is 0 Å². The van der Waals surface area contributed by atoms with Gasteiger partial charge in [-0.15, -0.1) is 0 Å². The summed E-state index contributed by atoms with van der Waals surface area (Å²) in [6.45, 7) is 3.76. The molecule has 0 saturated heterocycles. The lowest BCUT2D eigenvalue weighted by atomic mass is 10.3. The molecule has 0 aliphatic carbocycles. The monoisotopic (exact) mass is 282 g/mol. The second kappa shape index (κ2) is 5.18. The van der Waals surface area contributed by atoms with E-state index in [1.165, 1.54) is 0 Å². The molecule has 1 unspecified atom stereocenters. The number of hydrogen-bond acceptors (Lipinski definition) is 4. The fourth-order valence-electron chi connectivity index (χ4n) is 1.80. The molecule has 104 valence electrons. The average molecular weight is 282 g/mol. The Bertz CT molecular complexity index is 678. The number of nitrogens with zero attached hydrogens (tertiary/aromatic N) is 2. The molecule has 0 aliphatic rings. The Morgan fingerprint density at radius 1 is 1.42 bits per heavy atom. The van der Waals surface area contributed by atoms with Gasteiger partial charge in [0.25, 0.3) is 10.0 Å². The molecule has 2 N–H and O–H groups in total. The van der Waals surface area contributed by atoms with Crippen molar-refractivity contribution in [1.82, 2.24) is 14.1 Å². The van der Waals surface area contributed by atoms with Gasteiger partial charge in [-0.3, -0.25) is 4.40 Å². The van der Waals surface area contributed by atoms with Gasteiger partial charge in [0.05, 0.1) is 0 Å². The summed E-state index contributed by atoms with van der Waals surface area (Å²) in [6.07, 6.45) is 2.42. The number of pyridine rings is 1. The second-order valence-electron chi connectivity index (χ2n) is 4.37. The average Bonchev–Trinajstić information content (AvgIpc) is 2.77. The fraction of sp³-hybridized carbons (Fsp3) is 0.417. The first kappa shape index (κ1) is 13.8. The molecule has 2 aromatic heterocycles. The molecule has 2 aromatic rings. The highest BCUT2D eigenvalue weighted by molar-refractivity contribution is 7.89. The standard InChI is InChI=1S/C12H18N4O2S/c1-4-9(2)15-19(17,18)12-11(13-3)14-10-7-5-6-8-16(10)12/h5-9,13,15H,4H2,1-3H3. The summed E-state index contributed by atoms with van der Waals surface area (Å²) >= 11 is 0. The first-order valence-corrected chi connectivity index (χ1v) is 7.65. The van der Waals surface area contributed by atoms with Crippen molar-refractivity contribution in [1.29, 1.82) is 0 Å². The molecule has 2 heterocycles. The zero-order chi connectivity index (χ0) is 14.0. The third kappa shape index (κ3) is 2.57. The van der Waals surface area contributed by atoms with E-state index in [0.29, 0.717) is 11.5 Å². The van der Waals surface area contributed by atoms with Crippen molar-refractivity contribution in [2.45, 2.75) is 31.3 Å².